The molecule has 0 spiro atoms. The molecule has 35 heavy (non-hydrogen) atoms. The summed E-state index contributed by atoms with van der Waals surface area (Å²) in [5.74, 6) is 1.51. The highest BCUT2D eigenvalue weighted by atomic mass is 32.1. The summed E-state index contributed by atoms with van der Waals surface area (Å²) < 4.78 is 12.2. The molecular formula is C27H33N5O2S. The highest BCUT2D eigenvalue weighted by Crippen LogP contribution is 2.33. The summed E-state index contributed by atoms with van der Waals surface area (Å²) in [5.41, 5.74) is 2.98. The maximum atomic E-state index is 6.26. The minimum absolute atomic E-state index is 0.574. The summed E-state index contributed by atoms with van der Waals surface area (Å²) in [4.78, 5) is 15.0. The van der Waals surface area contributed by atoms with Crippen molar-refractivity contribution in [2.45, 2.75) is 25.8 Å². The Balaban J connectivity index is 1.38. The molecule has 7 nitrogen and oxygen atoms in total. The van der Waals surface area contributed by atoms with Gasteiger partial charge in [-0.2, -0.15) is 0 Å². The Bertz CT molecular complexity index is 1140. The van der Waals surface area contributed by atoms with Crippen molar-refractivity contribution in [1.82, 2.24) is 19.8 Å². The standard InChI is InChI=1S/C27H33N5O2S/c1-31-13-3-2-6-17-34-26-10-9-25(35-26)23-11-12-28-27(30-23)29-22-7-8-24(21(19-22)20-31)33-18-16-32-14-4-5-15-32/h2-3,7-12,19H,4-6,13-18,20H2,1H3,(H,28,29,30). The Kier molecular flexibility index (Phi) is 7.92. The van der Waals surface area contributed by atoms with Gasteiger partial charge in [-0.25, -0.2) is 9.97 Å². The van der Waals surface area contributed by atoms with Crippen LogP contribution in [0.3, 0.4) is 0 Å². The van der Waals surface area contributed by atoms with Gasteiger partial charge in [0.15, 0.2) is 5.06 Å². The van der Waals surface area contributed by atoms with Crippen molar-refractivity contribution >= 4 is 23.0 Å². The van der Waals surface area contributed by atoms with E-state index in [-0.39, 0.29) is 0 Å². The third-order valence-corrected chi connectivity index (χ3v) is 7.24. The van der Waals surface area contributed by atoms with Gasteiger partial charge < -0.3 is 14.8 Å². The van der Waals surface area contributed by atoms with Crippen molar-refractivity contribution < 1.29 is 9.47 Å². The summed E-state index contributed by atoms with van der Waals surface area (Å²) in [7, 11) is 2.13. The van der Waals surface area contributed by atoms with E-state index in [4.69, 9.17) is 14.5 Å². The van der Waals surface area contributed by atoms with E-state index in [1.54, 1.807) is 17.5 Å². The van der Waals surface area contributed by atoms with Crippen LogP contribution in [0.5, 0.6) is 10.8 Å². The normalized spacial score (nSPS) is 17.3. The first kappa shape index (κ1) is 23.8. The molecule has 4 heterocycles. The zero-order valence-electron chi connectivity index (χ0n) is 20.3. The monoisotopic (exact) mass is 491 g/mol. The minimum Gasteiger partial charge on any atom is -0.492 e. The molecule has 0 amide bonds. The molecule has 1 aromatic carbocycles. The van der Waals surface area contributed by atoms with E-state index in [0.29, 0.717) is 19.2 Å². The molecule has 1 N–H and O–H groups in total. The van der Waals surface area contributed by atoms with Crippen LogP contribution < -0.4 is 14.8 Å². The Morgan fingerprint density at radius 2 is 2.03 bits per heavy atom. The van der Waals surface area contributed by atoms with Crippen LogP contribution >= 0.6 is 11.3 Å². The number of aromatic nitrogens is 2. The first-order valence-electron chi connectivity index (χ1n) is 12.4. The lowest BCUT2D eigenvalue weighted by atomic mass is 10.1. The van der Waals surface area contributed by atoms with E-state index in [1.807, 2.05) is 18.2 Å². The van der Waals surface area contributed by atoms with Gasteiger partial charge in [-0.3, -0.25) is 9.80 Å². The van der Waals surface area contributed by atoms with Crippen LogP contribution in [-0.4, -0.2) is 66.2 Å². The highest BCUT2D eigenvalue weighted by molar-refractivity contribution is 7.17. The van der Waals surface area contributed by atoms with E-state index in [9.17, 15) is 0 Å². The van der Waals surface area contributed by atoms with E-state index in [0.717, 1.165) is 58.7 Å². The number of likely N-dealkylation sites (N-methyl/N-ethyl adjacent to an activating group) is 1. The molecule has 0 aliphatic carbocycles. The fourth-order valence-electron chi connectivity index (χ4n) is 4.39. The number of rotatable bonds is 4. The molecule has 5 rings (SSSR count). The van der Waals surface area contributed by atoms with E-state index < -0.39 is 0 Å². The second-order valence-corrected chi connectivity index (χ2v) is 10.1. The summed E-state index contributed by atoms with van der Waals surface area (Å²) in [6, 6.07) is 12.3. The molecule has 184 valence electrons. The molecular weight excluding hydrogens is 458 g/mol. The lowest BCUT2D eigenvalue weighted by Crippen LogP contribution is -2.25. The van der Waals surface area contributed by atoms with E-state index in [2.05, 4.69) is 57.5 Å². The number of thiophene rings is 1. The molecule has 2 aliphatic rings. The van der Waals surface area contributed by atoms with Gasteiger partial charge in [-0.05, 0) is 75.8 Å². The zero-order valence-corrected chi connectivity index (χ0v) is 21.1. The lowest BCUT2D eigenvalue weighted by Gasteiger charge is -2.20. The quantitative estimate of drug-likeness (QED) is 0.504. The summed E-state index contributed by atoms with van der Waals surface area (Å²) >= 11 is 1.60. The van der Waals surface area contributed by atoms with Crippen LogP contribution in [0.2, 0.25) is 0 Å². The van der Waals surface area contributed by atoms with Crippen molar-refractivity contribution in [2.24, 2.45) is 0 Å². The number of anilines is 2. The molecule has 0 radical (unpaired) electrons. The van der Waals surface area contributed by atoms with Gasteiger partial charge in [-0.1, -0.05) is 23.5 Å². The number of nitrogens with one attached hydrogen (secondary N) is 1. The maximum Gasteiger partial charge on any atom is 0.227 e. The van der Waals surface area contributed by atoms with Crippen LogP contribution in [0.25, 0.3) is 10.6 Å². The Labute approximate surface area is 211 Å². The largest absolute Gasteiger partial charge is 0.492 e. The second kappa shape index (κ2) is 11.7. The molecule has 1 saturated heterocycles. The van der Waals surface area contributed by atoms with Crippen molar-refractivity contribution in [3.8, 4) is 21.4 Å². The first-order chi connectivity index (χ1) is 17.2. The van der Waals surface area contributed by atoms with Crippen molar-refractivity contribution in [3.63, 3.8) is 0 Å². The fraction of sp³-hybridized carbons (Fsp3) is 0.407. The number of benzene rings is 1. The van der Waals surface area contributed by atoms with E-state index >= 15 is 0 Å². The van der Waals surface area contributed by atoms with Gasteiger partial charge in [0, 0.05) is 37.1 Å². The first-order valence-corrected chi connectivity index (χ1v) is 13.2. The van der Waals surface area contributed by atoms with E-state index in [1.165, 1.54) is 25.9 Å². The zero-order chi connectivity index (χ0) is 23.9. The number of fused-ring (bicyclic) bond motifs is 7. The predicted molar refractivity (Wildman–Crippen MR) is 142 cm³/mol. The molecule has 3 aromatic rings. The molecule has 2 aliphatic heterocycles. The Morgan fingerprint density at radius 1 is 1.11 bits per heavy atom. The Hall–Kier alpha value is -2.94. The van der Waals surface area contributed by atoms with Gasteiger partial charge in [0.2, 0.25) is 5.95 Å². The van der Waals surface area contributed by atoms with Crippen molar-refractivity contribution in [3.05, 3.63) is 60.3 Å². The molecule has 0 atom stereocenters. The Morgan fingerprint density at radius 3 is 2.94 bits per heavy atom. The average molecular weight is 492 g/mol. The van der Waals surface area contributed by atoms with Crippen LogP contribution in [0, 0.1) is 0 Å². The average Bonchev–Trinajstić information content (AvgIpc) is 3.55. The summed E-state index contributed by atoms with van der Waals surface area (Å²) in [6.45, 7) is 6.36. The number of hydrogen-bond acceptors (Lipinski definition) is 8. The van der Waals surface area contributed by atoms with Gasteiger partial charge >= 0.3 is 0 Å². The number of nitrogens with zero attached hydrogens (tertiary/aromatic N) is 4. The van der Waals surface area contributed by atoms with Gasteiger partial charge in [0.25, 0.3) is 0 Å². The number of hydrogen-bond donors (Lipinski definition) is 1. The topological polar surface area (TPSA) is 62.8 Å². The SMILES string of the molecule is CN1CC=CCCOc2ccc(s2)-c2ccnc(n2)Nc2ccc(OCCN3CCCC3)c(c2)C1. The van der Waals surface area contributed by atoms with Crippen LogP contribution in [0.15, 0.2) is 54.7 Å². The van der Waals surface area contributed by atoms with Gasteiger partial charge in [0.1, 0.15) is 12.4 Å². The summed E-state index contributed by atoms with van der Waals surface area (Å²) in [5, 5.41) is 4.29. The highest BCUT2D eigenvalue weighted by Gasteiger charge is 2.14. The molecule has 0 unspecified atom stereocenters. The predicted octanol–water partition coefficient (Wildman–Crippen LogP) is 5.19. The maximum absolute atomic E-state index is 6.26. The van der Waals surface area contributed by atoms with Gasteiger partial charge in [0.05, 0.1) is 17.2 Å². The number of likely N-dealkylation sites (tertiary alicyclic amines) is 1. The third kappa shape index (κ3) is 6.60. The van der Waals surface area contributed by atoms with Crippen LogP contribution in [0.1, 0.15) is 24.8 Å². The molecule has 8 heteroatoms. The molecule has 6 bridgehead atoms. The minimum atomic E-state index is 0.574. The molecule has 2 aromatic heterocycles. The fourth-order valence-corrected chi connectivity index (χ4v) is 5.24. The third-order valence-electron chi connectivity index (χ3n) is 6.22. The van der Waals surface area contributed by atoms with Crippen LogP contribution in [-0.2, 0) is 6.54 Å². The van der Waals surface area contributed by atoms with Crippen LogP contribution in [0.4, 0.5) is 11.6 Å². The molecule has 0 saturated carbocycles. The molecule has 1 fully saturated rings. The second-order valence-electron chi connectivity index (χ2n) is 9.03. The summed E-state index contributed by atoms with van der Waals surface area (Å²) in [6.07, 6.45) is 9.67. The van der Waals surface area contributed by atoms with Crippen molar-refractivity contribution in [2.75, 3.05) is 51.8 Å². The van der Waals surface area contributed by atoms with Crippen molar-refractivity contribution in [1.29, 1.82) is 0 Å². The number of ether oxygens (including phenoxy) is 2. The van der Waals surface area contributed by atoms with Gasteiger partial charge in [-0.15, -0.1) is 0 Å². The smallest absolute Gasteiger partial charge is 0.227 e. The lowest BCUT2D eigenvalue weighted by molar-refractivity contribution is 0.234.